The van der Waals surface area contributed by atoms with Gasteiger partial charge in [-0.2, -0.15) is 0 Å². The molecule has 0 unspecified atom stereocenters. The zero-order valence-electron chi connectivity index (χ0n) is 21.7. The Labute approximate surface area is 212 Å². The van der Waals surface area contributed by atoms with Crippen molar-refractivity contribution in [3.63, 3.8) is 0 Å². The van der Waals surface area contributed by atoms with Crippen LogP contribution in [0.4, 0.5) is 16.2 Å². The minimum Gasteiger partial charge on any atom is -0.474 e. The van der Waals surface area contributed by atoms with Crippen LogP contribution in [0.25, 0.3) is 0 Å². The number of rotatable bonds is 8. The summed E-state index contributed by atoms with van der Waals surface area (Å²) < 4.78 is 11.4. The molecule has 2 heterocycles. The topological polar surface area (TPSA) is 93.7 Å². The van der Waals surface area contributed by atoms with Gasteiger partial charge in [0.15, 0.2) is 0 Å². The van der Waals surface area contributed by atoms with Crippen molar-refractivity contribution in [1.29, 1.82) is 0 Å². The third-order valence-electron chi connectivity index (χ3n) is 4.96. The second kappa shape index (κ2) is 11.7. The van der Waals surface area contributed by atoms with E-state index in [9.17, 15) is 9.59 Å². The molecule has 2 aromatic heterocycles. The van der Waals surface area contributed by atoms with Crippen LogP contribution in [-0.2, 0) is 11.2 Å². The Bertz CT molecular complexity index is 1170. The highest BCUT2D eigenvalue weighted by atomic mass is 16.6. The summed E-state index contributed by atoms with van der Waals surface area (Å²) in [6.45, 7) is 11.5. The molecular formula is C28H34N4O4. The number of aryl methyl sites for hydroxylation is 1. The minimum absolute atomic E-state index is 0.116. The molecule has 3 aromatic rings. The van der Waals surface area contributed by atoms with E-state index in [-0.39, 0.29) is 12.0 Å². The smallest absolute Gasteiger partial charge is 0.414 e. The molecule has 190 valence electrons. The van der Waals surface area contributed by atoms with Gasteiger partial charge in [0.25, 0.3) is 5.91 Å². The lowest BCUT2D eigenvalue weighted by Gasteiger charge is -2.27. The number of carbonyl (C=O) groups is 2. The number of amides is 2. The molecule has 0 saturated carbocycles. The quantitative estimate of drug-likeness (QED) is 0.428. The first-order chi connectivity index (χ1) is 17.0. The highest BCUT2D eigenvalue weighted by molar-refractivity contribution is 6.06. The van der Waals surface area contributed by atoms with Crippen LogP contribution < -0.4 is 15.0 Å². The van der Waals surface area contributed by atoms with Crippen molar-refractivity contribution < 1.29 is 19.1 Å². The minimum atomic E-state index is -0.633. The Morgan fingerprint density at radius 3 is 2.36 bits per heavy atom. The van der Waals surface area contributed by atoms with Crippen LogP contribution in [0.3, 0.4) is 0 Å². The molecule has 0 aliphatic heterocycles. The van der Waals surface area contributed by atoms with Crippen molar-refractivity contribution in [3.05, 3.63) is 77.7 Å². The van der Waals surface area contributed by atoms with E-state index in [2.05, 4.69) is 15.3 Å². The van der Waals surface area contributed by atoms with Crippen LogP contribution in [-0.4, -0.2) is 40.2 Å². The fraction of sp³-hybridized carbons (Fsp3) is 0.357. The predicted molar refractivity (Wildman–Crippen MR) is 141 cm³/mol. The van der Waals surface area contributed by atoms with Crippen LogP contribution in [0.5, 0.6) is 5.88 Å². The molecule has 0 saturated heterocycles. The molecule has 1 N–H and O–H groups in total. The molecule has 2 amide bonds. The molecule has 36 heavy (non-hydrogen) atoms. The SMILES string of the molecule is Cc1ccc(C(=O)Nc2ccc(N(CCc3ccccn3)C(=O)OC(C)(C)C)cc2)c(OC(C)C)n1. The number of hydrogen-bond donors (Lipinski definition) is 1. The highest BCUT2D eigenvalue weighted by Gasteiger charge is 2.24. The third kappa shape index (κ3) is 7.80. The van der Waals surface area contributed by atoms with Gasteiger partial charge in [0.05, 0.1) is 6.10 Å². The van der Waals surface area contributed by atoms with Crippen LogP contribution in [0.1, 0.15) is 56.4 Å². The second-order valence-corrected chi connectivity index (χ2v) is 9.68. The summed E-state index contributed by atoms with van der Waals surface area (Å²) in [5.74, 6) is -0.0326. The van der Waals surface area contributed by atoms with E-state index in [1.807, 2.05) is 59.7 Å². The van der Waals surface area contributed by atoms with Gasteiger partial charge in [-0.15, -0.1) is 0 Å². The fourth-order valence-corrected chi connectivity index (χ4v) is 3.36. The van der Waals surface area contributed by atoms with Gasteiger partial charge < -0.3 is 14.8 Å². The molecule has 8 heteroatoms. The molecule has 0 aliphatic rings. The van der Waals surface area contributed by atoms with E-state index in [1.54, 1.807) is 47.5 Å². The summed E-state index contributed by atoms with van der Waals surface area (Å²) in [7, 11) is 0. The summed E-state index contributed by atoms with van der Waals surface area (Å²) in [5, 5.41) is 2.88. The van der Waals surface area contributed by atoms with E-state index in [1.165, 1.54) is 0 Å². The van der Waals surface area contributed by atoms with E-state index >= 15 is 0 Å². The van der Waals surface area contributed by atoms with E-state index in [0.29, 0.717) is 35.8 Å². The monoisotopic (exact) mass is 490 g/mol. The number of pyridine rings is 2. The number of anilines is 2. The van der Waals surface area contributed by atoms with Gasteiger partial charge in [0.2, 0.25) is 5.88 Å². The molecule has 0 atom stereocenters. The van der Waals surface area contributed by atoms with Crippen molar-refractivity contribution in [2.45, 2.75) is 59.7 Å². The average Bonchev–Trinajstić information content (AvgIpc) is 2.79. The van der Waals surface area contributed by atoms with E-state index in [4.69, 9.17) is 9.47 Å². The number of hydrogen-bond acceptors (Lipinski definition) is 6. The summed E-state index contributed by atoms with van der Waals surface area (Å²) in [6, 6.07) is 16.2. The van der Waals surface area contributed by atoms with Gasteiger partial charge >= 0.3 is 6.09 Å². The van der Waals surface area contributed by atoms with Crippen molar-refractivity contribution in [2.24, 2.45) is 0 Å². The maximum atomic E-state index is 13.0. The third-order valence-corrected chi connectivity index (χ3v) is 4.96. The highest BCUT2D eigenvalue weighted by Crippen LogP contribution is 2.23. The Kier molecular flexibility index (Phi) is 8.64. The molecule has 0 aliphatic carbocycles. The maximum absolute atomic E-state index is 13.0. The van der Waals surface area contributed by atoms with Gasteiger partial charge in [0.1, 0.15) is 11.2 Å². The summed E-state index contributed by atoms with van der Waals surface area (Å²) in [4.78, 5) is 36.2. The molecule has 3 rings (SSSR count). The van der Waals surface area contributed by atoms with Gasteiger partial charge in [-0.05, 0) is 90.1 Å². The number of carbonyl (C=O) groups excluding carboxylic acids is 2. The molecule has 0 spiro atoms. The van der Waals surface area contributed by atoms with Gasteiger partial charge in [-0.25, -0.2) is 9.78 Å². The van der Waals surface area contributed by atoms with Gasteiger partial charge in [0, 0.05) is 41.9 Å². The molecule has 0 radical (unpaired) electrons. The standard InChI is InChI=1S/C28H34N4O4/c1-19(2)35-26-24(15-10-20(3)30-26)25(33)31-22-11-13-23(14-12-22)32(27(34)36-28(4,5)6)18-16-21-9-7-8-17-29-21/h7-15,17,19H,16,18H2,1-6H3,(H,31,33). The number of ether oxygens (including phenoxy) is 2. The first-order valence-corrected chi connectivity index (χ1v) is 12.0. The largest absolute Gasteiger partial charge is 0.474 e. The van der Waals surface area contributed by atoms with Crippen LogP contribution in [0.15, 0.2) is 60.8 Å². The molecular weight excluding hydrogens is 456 g/mol. The lowest BCUT2D eigenvalue weighted by molar-refractivity contribution is 0.0580. The maximum Gasteiger partial charge on any atom is 0.414 e. The zero-order valence-corrected chi connectivity index (χ0v) is 21.7. The molecule has 8 nitrogen and oxygen atoms in total. The first-order valence-electron chi connectivity index (χ1n) is 12.0. The van der Waals surface area contributed by atoms with E-state index in [0.717, 1.165) is 11.4 Å². The normalized spacial score (nSPS) is 11.2. The Balaban J connectivity index is 1.77. The molecule has 0 bridgehead atoms. The first kappa shape index (κ1) is 26.7. The molecule has 0 fully saturated rings. The Morgan fingerprint density at radius 1 is 1.03 bits per heavy atom. The predicted octanol–water partition coefficient (Wildman–Crippen LogP) is 5.81. The molecule has 1 aromatic carbocycles. The zero-order chi connectivity index (χ0) is 26.3. The summed E-state index contributed by atoms with van der Waals surface area (Å²) in [6.07, 6.45) is 1.73. The fourth-order valence-electron chi connectivity index (χ4n) is 3.36. The Hall–Kier alpha value is -3.94. The second-order valence-electron chi connectivity index (χ2n) is 9.68. The lowest BCUT2D eigenvalue weighted by Crippen LogP contribution is -2.38. The van der Waals surface area contributed by atoms with Crippen LogP contribution in [0, 0.1) is 6.92 Å². The van der Waals surface area contributed by atoms with Crippen molar-refractivity contribution in [3.8, 4) is 5.88 Å². The van der Waals surface area contributed by atoms with Crippen LogP contribution >= 0.6 is 0 Å². The lowest BCUT2D eigenvalue weighted by atomic mass is 10.2. The van der Waals surface area contributed by atoms with Crippen molar-refractivity contribution in [1.82, 2.24) is 9.97 Å². The van der Waals surface area contributed by atoms with Crippen molar-refractivity contribution >= 4 is 23.4 Å². The number of benzene rings is 1. The summed E-state index contributed by atoms with van der Waals surface area (Å²) in [5.41, 5.74) is 2.59. The average molecular weight is 491 g/mol. The van der Waals surface area contributed by atoms with E-state index < -0.39 is 11.7 Å². The number of nitrogens with zero attached hydrogens (tertiary/aromatic N) is 3. The summed E-state index contributed by atoms with van der Waals surface area (Å²) >= 11 is 0. The van der Waals surface area contributed by atoms with Crippen LogP contribution in [0.2, 0.25) is 0 Å². The van der Waals surface area contributed by atoms with Gasteiger partial charge in [-0.1, -0.05) is 6.07 Å². The van der Waals surface area contributed by atoms with Gasteiger partial charge in [-0.3, -0.25) is 14.7 Å². The number of aromatic nitrogens is 2. The van der Waals surface area contributed by atoms with Crippen molar-refractivity contribution in [2.75, 3.05) is 16.8 Å². The Morgan fingerprint density at radius 2 is 1.75 bits per heavy atom. The number of nitrogens with one attached hydrogen (secondary N) is 1.